The Hall–Kier alpha value is -1.23. The number of nitrogen functional groups attached to an aromatic ring is 1. The smallest absolute Gasteiger partial charge is 0.399 e. The Balaban J connectivity index is 0.000000212. The Labute approximate surface area is 92.2 Å². The average Bonchev–Trinajstić information content (AvgIpc) is 2.74. The van der Waals surface area contributed by atoms with Gasteiger partial charge < -0.3 is 10.5 Å². The summed E-state index contributed by atoms with van der Waals surface area (Å²) in [5.41, 5.74) is 4.57. The van der Waals surface area contributed by atoms with Crippen LogP contribution in [-0.2, 0) is 10.9 Å². The summed E-state index contributed by atoms with van der Waals surface area (Å²) >= 11 is 0. The molecule has 1 aromatic carbocycles. The van der Waals surface area contributed by atoms with E-state index in [1.54, 1.807) is 0 Å². The number of ether oxygens (including phenoxy) is 1. The molecule has 1 aliphatic rings. The minimum absolute atomic E-state index is 0.125. The number of alkyl halides is 3. The number of rotatable bonds is 0. The van der Waals surface area contributed by atoms with Gasteiger partial charge in [0.2, 0.25) is 0 Å². The minimum atomic E-state index is -4.30. The van der Waals surface area contributed by atoms with Crippen LogP contribution in [0.2, 0.25) is 0 Å². The van der Waals surface area contributed by atoms with Crippen LogP contribution in [0.1, 0.15) is 18.4 Å². The molecule has 1 heterocycles. The maximum Gasteiger partial charge on any atom is 0.416 e. The maximum absolute atomic E-state index is 11.9. The van der Waals surface area contributed by atoms with Crippen LogP contribution in [-0.4, -0.2) is 13.2 Å². The zero-order chi connectivity index (χ0) is 12.0. The van der Waals surface area contributed by atoms with Crippen molar-refractivity contribution in [2.75, 3.05) is 18.9 Å². The van der Waals surface area contributed by atoms with Gasteiger partial charge in [-0.2, -0.15) is 13.2 Å². The molecule has 0 unspecified atom stereocenters. The molecule has 2 nitrogen and oxygen atoms in total. The lowest BCUT2D eigenvalue weighted by atomic mass is 10.2. The van der Waals surface area contributed by atoms with E-state index in [2.05, 4.69) is 0 Å². The SMILES string of the molecule is C1CCOC1.Nc1cccc(C(F)(F)F)c1. The summed E-state index contributed by atoms with van der Waals surface area (Å²) in [5, 5.41) is 0. The molecule has 0 aliphatic carbocycles. The van der Waals surface area contributed by atoms with Gasteiger partial charge >= 0.3 is 6.18 Å². The summed E-state index contributed by atoms with van der Waals surface area (Å²) in [7, 11) is 0. The van der Waals surface area contributed by atoms with Crippen LogP contribution in [0.5, 0.6) is 0 Å². The molecule has 0 bridgehead atoms. The van der Waals surface area contributed by atoms with E-state index in [9.17, 15) is 13.2 Å². The number of anilines is 1. The lowest BCUT2D eigenvalue weighted by molar-refractivity contribution is -0.137. The fraction of sp³-hybridized carbons (Fsp3) is 0.455. The quantitative estimate of drug-likeness (QED) is 0.699. The third-order valence-electron chi connectivity index (χ3n) is 2.04. The van der Waals surface area contributed by atoms with E-state index in [0.29, 0.717) is 0 Å². The molecule has 0 radical (unpaired) electrons. The molecular formula is C11H14F3NO. The van der Waals surface area contributed by atoms with Crippen molar-refractivity contribution in [3.63, 3.8) is 0 Å². The highest BCUT2D eigenvalue weighted by Crippen LogP contribution is 2.29. The maximum atomic E-state index is 11.9. The molecule has 0 aromatic heterocycles. The second kappa shape index (κ2) is 5.75. The van der Waals surface area contributed by atoms with Crippen LogP contribution in [0.4, 0.5) is 18.9 Å². The van der Waals surface area contributed by atoms with E-state index >= 15 is 0 Å². The lowest BCUT2D eigenvalue weighted by Gasteiger charge is -2.05. The van der Waals surface area contributed by atoms with E-state index in [0.717, 1.165) is 25.3 Å². The van der Waals surface area contributed by atoms with Gasteiger partial charge in [-0.15, -0.1) is 0 Å². The van der Waals surface area contributed by atoms with Crippen molar-refractivity contribution in [2.45, 2.75) is 19.0 Å². The normalized spacial score (nSPS) is 15.4. The molecule has 0 amide bonds. The molecule has 0 saturated carbocycles. The Morgan fingerprint density at radius 2 is 1.75 bits per heavy atom. The van der Waals surface area contributed by atoms with Crippen LogP contribution in [0.3, 0.4) is 0 Å². The van der Waals surface area contributed by atoms with Crippen molar-refractivity contribution in [3.8, 4) is 0 Å². The topological polar surface area (TPSA) is 35.2 Å². The molecule has 16 heavy (non-hydrogen) atoms. The van der Waals surface area contributed by atoms with Gasteiger partial charge in [-0.05, 0) is 31.0 Å². The predicted molar refractivity (Wildman–Crippen MR) is 55.9 cm³/mol. The number of benzene rings is 1. The second-order valence-electron chi connectivity index (χ2n) is 3.44. The molecule has 0 atom stereocenters. The van der Waals surface area contributed by atoms with Gasteiger partial charge in [0.15, 0.2) is 0 Å². The third kappa shape index (κ3) is 4.53. The van der Waals surface area contributed by atoms with Crippen molar-refractivity contribution in [1.29, 1.82) is 0 Å². The summed E-state index contributed by atoms with van der Waals surface area (Å²) < 4.78 is 40.7. The summed E-state index contributed by atoms with van der Waals surface area (Å²) in [4.78, 5) is 0. The number of hydrogen-bond acceptors (Lipinski definition) is 2. The molecule has 1 saturated heterocycles. The first-order valence-corrected chi connectivity index (χ1v) is 5.00. The second-order valence-corrected chi connectivity index (χ2v) is 3.44. The minimum Gasteiger partial charge on any atom is -0.399 e. The number of halogens is 3. The van der Waals surface area contributed by atoms with Crippen molar-refractivity contribution >= 4 is 5.69 Å². The fourth-order valence-electron chi connectivity index (χ4n) is 1.23. The fourth-order valence-corrected chi connectivity index (χ4v) is 1.23. The van der Waals surface area contributed by atoms with E-state index in [4.69, 9.17) is 10.5 Å². The first-order chi connectivity index (χ1) is 7.50. The first-order valence-electron chi connectivity index (χ1n) is 5.00. The van der Waals surface area contributed by atoms with E-state index in [-0.39, 0.29) is 5.69 Å². The zero-order valence-corrected chi connectivity index (χ0v) is 8.76. The average molecular weight is 233 g/mol. The van der Waals surface area contributed by atoms with Gasteiger partial charge in [0, 0.05) is 18.9 Å². The molecule has 1 aliphatic heterocycles. The van der Waals surface area contributed by atoms with Crippen LogP contribution >= 0.6 is 0 Å². The van der Waals surface area contributed by atoms with Crippen molar-refractivity contribution in [2.24, 2.45) is 0 Å². The van der Waals surface area contributed by atoms with Crippen molar-refractivity contribution < 1.29 is 17.9 Å². The Kier molecular flexibility index (Phi) is 4.61. The molecule has 2 N–H and O–H groups in total. The molecule has 1 fully saturated rings. The van der Waals surface area contributed by atoms with Gasteiger partial charge in [-0.3, -0.25) is 0 Å². The summed E-state index contributed by atoms with van der Waals surface area (Å²) in [6, 6.07) is 4.57. The molecule has 2 rings (SSSR count). The molecule has 1 aromatic rings. The van der Waals surface area contributed by atoms with Crippen LogP contribution in [0.15, 0.2) is 24.3 Å². The van der Waals surface area contributed by atoms with Gasteiger partial charge in [0.25, 0.3) is 0 Å². The van der Waals surface area contributed by atoms with E-state index < -0.39 is 11.7 Å². The highest BCUT2D eigenvalue weighted by Gasteiger charge is 2.30. The Morgan fingerprint density at radius 3 is 2.06 bits per heavy atom. The van der Waals surface area contributed by atoms with Crippen LogP contribution in [0, 0.1) is 0 Å². The first kappa shape index (κ1) is 12.8. The van der Waals surface area contributed by atoms with Gasteiger partial charge in [0.1, 0.15) is 0 Å². The van der Waals surface area contributed by atoms with Crippen LogP contribution < -0.4 is 5.73 Å². The zero-order valence-electron chi connectivity index (χ0n) is 8.76. The molecule has 0 spiro atoms. The van der Waals surface area contributed by atoms with Gasteiger partial charge in [-0.1, -0.05) is 6.07 Å². The molecular weight excluding hydrogens is 219 g/mol. The third-order valence-corrected chi connectivity index (χ3v) is 2.04. The Morgan fingerprint density at radius 1 is 1.12 bits per heavy atom. The summed E-state index contributed by atoms with van der Waals surface area (Å²) in [6.07, 6.45) is -1.74. The number of hydrogen-bond donors (Lipinski definition) is 1. The Bertz CT molecular complexity index is 314. The number of nitrogens with two attached hydrogens (primary N) is 1. The summed E-state index contributed by atoms with van der Waals surface area (Å²) in [5.74, 6) is 0. The molecule has 90 valence electrons. The predicted octanol–water partition coefficient (Wildman–Crippen LogP) is 3.08. The van der Waals surface area contributed by atoms with Crippen LogP contribution in [0.25, 0.3) is 0 Å². The summed E-state index contributed by atoms with van der Waals surface area (Å²) in [6.45, 7) is 2.00. The van der Waals surface area contributed by atoms with Gasteiger partial charge in [-0.25, -0.2) is 0 Å². The lowest BCUT2D eigenvalue weighted by Crippen LogP contribution is -2.04. The highest BCUT2D eigenvalue weighted by molar-refractivity contribution is 5.41. The standard InChI is InChI=1S/C7H6F3N.C4H8O/c8-7(9,10)5-2-1-3-6(11)4-5;1-2-4-5-3-1/h1-4H,11H2;1-4H2. The monoisotopic (exact) mass is 233 g/mol. The molecule has 5 heteroatoms. The van der Waals surface area contributed by atoms with E-state index in [1.807, 2.05) is 0 Å². The van der Waals surface area contributed by atoms with Crippen molar-refractivity contribution in [1.82, 2.24) is 0 Å². The van der Waals surface area contributed by atoms with E-state index in [1.165, 1.54) is 25.0 Å². The highest BCUT2D eigenvalue weighted by atomic mass is 19.4. The van der Waals surface area contributed by atoms with Crippen molar-refractivity contribution in [3.05, 3.63) is 29.8 Å². The largest absolute Gasteiger partial charge is 0.416 e. The van der Waals surface area contributed by atoms with Gasteiger partial charge in [0.05, 0.1) is 5.56 Å².